The number of aliphatic hydroxyl groups excluding tert-OH is 1. The highest BCUT2D eigenvalue weighted by Gasteiger charge is 2.08. The van der Waals surface area contributed by atoms with Gasteiger partial charge in [0, 0.05) is 12.6 Å². The smallest absolute Gasteiger partial charge is 0.126 e. The standard InChI is InChI=1S/C17H20FNO/c1-13-9-15(7-8-17(13)18)11-19-16(12-20)10-14-5-3-2-4-6-14/h2-9,16,19-20H,10-12H2,1H3/t16-/m1/s1. The van der Waals surface area contributed by atoms with Crippen LogP contribution in [0.15, 0.2) is 48.5 Å². The highest BCUT2D eigenvalue weighted by atomic mass is 19.1. The van der Waals surface area contributed by atoms with Crippen LogP contribution in [0.25, 0.3) is 0 Å². The lowest BCUT2D eigenvalue weighted by Gasteiger charge is -2.16. The zero-order chi connectivity index (χ0) is 14.4. The third-order valence-corrected chi connectivity index (χ3v) is 3.36. The molecule has 0 bridgehead atoms. The quantitative estimate of drug-likeness (QED) is 0.848. The molecule has 0 unspecified atom stereocenters. The summed E-state index contributed by atoms with van der Waals surface area (Å²) in [6.07, 6.45) is 0.775. The summed E-state index contributed by atoms with van der Waals surface area (Å²) in [6.45, 7) is 2.46. The van der Waals surface area contributed by atoms with Crippen LogP contribution >= 0.6 is 0 Å². The SMILES string of the molecule is Cc1cc(CN[C@@H](CO)Cc2ccccc2)ccc1F. The monoisotopic (exact) mass is 273 g/mol. The Morgan fingerprint density at radius 2 is 1.85 bits per heavy atom. The molecule has 2 rings (SSSR count). The molecule has 1 atom stereocenters. The van der Waals surface area contributed by atoms with Crippen molar-refractivity contribution in [2.24, 2.45) is 0 Å². The molecule has 0 aliphatic heterocycles. The summed E-state index contributed by atoms with van der Waals surface area (Å²) in [7, 11) is 0. The van der Waals surface area contributed by atoms with E-state index in [1.165, 1.54) is 11.6 Å². The van der Waals surface area contributed by atoms with Gasteiger partial charge in [-0.15, -0.1) is 0 Å². The fourth-order valence-corrected chi connectivity index (χ4v) is 2.18. The highest BCUT2D eigenvalue weighted by Crippen LogP contribution is 2.10. The average molecular weight is 273 g/mol. The topological polar surface area (TPSA) is 32.3 Å². The van der Waals surface area contributed by atoms with Gasteiger partial charge in [0.15, 0.2) is 0 Å². The minimum Gasteiger partial charge on any atom is -0.395 e. The second-order valence-electron chi connectivity index (χ2n) is 5.03. The summed E-state index contributed by atoms with van der Waals surface area (Å²) in [5.74, 6) is -0.184. The van der Waals surface area contributed by atoms with E-state index in [0.717, 1.165) is 12.0 Å². The van der Waals surface area contributed by atoms with E-state index in [0.29, 0.717) is 12.1 Å². The molecule has 20 heavy (non-hydrogen) atoms. The molecule has 2 aromatic carbocycles. The number of aryl methyl sites for hydroxylation is 1. The van der Waals surface area contributed by atoms with E-state index in [-0.39, 0.29) is 18.5 Å². The molecule has 2 N–H and O–H groups in total. The lowest BCUT2D eigenvalue weighted by atomic mass is 10.1. The van der Waals surface area contributed by atoms with Gasteiger partial charge in [0.1, 0.15) is 5.82 Å². The van der Waals surface area contributed by atoms with E-state index in [4.69, 9.17) is 0 Å². The summed E-state index contributed by atoms with van der Waals surface area (Å²) >= 11 is 0. The van der Waals surface area contributed by atoms with Gasteiger partial charge < -0.3 is 10.4 Å². The third-order valence-electron chi connectivity index (χ3n) is 3.36. The fourth-order valence-electron chi connectivity index (χ4n) is 2.18. The van der Waals surface area contributed by atoms with E-state index < -0.39 is 0 Å². The fraction of sp³-hybridized carbons (Fsp3) is 0.294. The van der Waals surface area contributed by atoms with E-state index in [1.807, 2.05) is 36.4 Å². The Hall–Kier alpha value is -1.71. The van der Waals surface area contributed by atoms with Gasteiger partial charge in [-0.25, -0.2) is 4.39 Å². The van der Waals surface area contributed by atoms with Crippen molar-refractivity contribution in [2.75, 3.05) is 6.61 Å². The first-order valence-electron chi connectivity index (χ1n) is 6.82. The predicted molar refractivity (Wildman–Crippen MR) is 79.0 cm³/mol. The number of aliphatic hydroxyl groups is 1. The molecule has 106 valence electrons. The lowest BCUT2D eigenvalue weighted by molar-refractivity contribution is 0.241. The number of benzene rings is 2. The van der Waals surface area contributed by atoms with Gasteiger partial charge in [-0.2, -0.15) is 0 Å². The molecular weight excluding hydrogens is 253 g/mol. The molecule has 3 heteroatoms. The van der Waals surface area contributed by atoms with Crippen molar-refractivity contribution >= 4 is 0 Å². The maximum Gasteiger partial charge on any atom is 0.126 e. The average Bonchev–Trinajstić information content (AvgIpc) is 2.48. The number of nitrogens with one attached hydrogen (secondary N) is 1. The van der Waals surface area contributed by atoms with Crippen LogP contribution < -0.4 is 5.32 Å². The molecule has 2 aromatic rings. The van der Waals surface area contributed by atoms with Crippen LogP contribution in [0, 0.1) is 12.7 Å². The van der Waals surface area contributed by atoms with Gasteiger partial charge >= 0.3 is 0 Å². The highest BCUT2D eigenvalue weighted by molar-refractivity contribution is 5.24. The van der Waals surface area contributed by atoms with Crippen molar-refractivity contribution in [2.45, 2.75) is 25.9 Å². The molecule has 0 saturated carbocycles. The Morgan fingerprint density at radius 1 is 1.10 bits per heavy atom. The molecule has 0 aliphatic rings. The van der Waals surface area contributed by atoms with Crippen molar-refractivity contribution in [3.63, 3.8) is 0 Å². The number of hydrogen-bond donors (Lipinski definition) is 2. The van der Waals surface area contributed by atoms with Crippen molar-refractivity contribution in [1.82, 2.24) is 5.32 Å². The zero-order valence-electron chi connectivity index (χ0n) is 11.6. The summed E-state index contributed by atoms with van der Waals surface area (Å²) in [4.78, 5) is 0. The Morgan fingerprint density at radius 3 is 2.50 bits per heavy atom. The molecule has 0 amide bonds. The summed E-state index contributed by atoms with van der Waals surface area (Å²) < 4.78 is 13.2. The zero-order valence-corrected chi connectivity index (χ0v) is 11.6. The first-order chi connectivity index (χ1) is 9.69. The maximum absolute atomic E-state index is 13.2. The van der Waals surface area contributed by atoms with E-state index in [2.05, 4.69) is 5.32 Å². The van der Waals surface area contributed by atoms with Crippen LogP contribution in [0.4, 0.5) is 4.39 Å². The maximum atomic E-state index is 13.2. The molecule has 0 fully saturated rings. The Bertz CT molecular complexity index is 542. The van der Waals surface area contributed by atoms with Gasteiger partial charge in [-0.1, -0.05) is 42.5 Å². The van der Waals surface area contributed by atoms with Crippen LogP contribution in [0.3, 0.4) is 0 Å². The summed E-state index contributed by atoms with van der Waals surface area (Å²) in [5.41, 5.74) is 2.86. The second-order valence-corrected chi connectivity index (χ2v) is 5.03. The normalized spacial score (nSPS) is 12.3. The minimum absolute atomic E-state index is 0.00255. The van der Waals surface area contributed by atoms with Crippen molar-refractivity contribution in [1.29, 1.82) is 0 Å². The van der Waals surface area contributed by atoms with Gasteiger partial charge in [0.25, 0.3) is 0 Å². The van der Waals surface area contributed by atoms with Crippen molar-refractivity contribution < 1.29 is 9.50 Å². The van der Waals surface area contributed by atoms with Crippen LogP contribution in [-0.4, -0.2) is 17.8 Å². The Labute approximate surface area is 119 Å². The van der Waals surface area contributed by atoms with Gasteiger partial charge in [0.2, 0.25) is 0 Å². The number of hydrogen-bond acceptors (Lipinski definition) is 2. The second kappa shape index (κ2) is 7.17. The van der Waals surface area contributed by atoms with E-state index >= 15 is 0 Å². The molecule has 0 aromatic heterocycles. The Kier molecular flexibility index (Phi) is 5.27. The molecule has 0 radical (unpaired) electrons. The molecule has 0 spiro atoms. The molecule has 0 saturated heterocycles. The summed E-state index contributed by atoms with van der Waals surface area (Å²) in [5, 5.41) is 12.7. The van der Waals surface area contributed by atoms with Crippen LogP contribution in [0.2, 0.25) is 0 Å². The molecule has 0 heterocycles. The third kappa shape index (κ3) is 4.15. The van der Waals surface area contributed by atoms with E-state index in [9.17, 15) is 9.50 Å². The van der Waals surface area contributed by atoms with Gasteiger partial charge in [-0.05, 0) is 36.1 Å². The van der Waals surface area contributed by atoms with Crippen LogP contribution in [-0.2, 0) is 13.0 Å². The molecular formula is C17H20FNO. The minimum atomic E-state index is -0.184. The largest absolute Gasteiger partial charge is 0.395 e. The van der Waals surface area contributed by atoms with Crippen LogP contribution in [0.1, 0.15) is 16.7 Å². The van der Waals surface area contributed by atoms with Crippen molar-refractivity contribution in [3.05, 3.63) is 71.0 Å². The lowest BCUT2D eigenvalue weighted by Crippen LogP contribution is -2.34. The van der Waals surface area contributed by atoms with Crippen molar-refractivity contribution in [3.8, 4) is 0 Å². The van der Waals surface area contributed by atoms with Crippen LogP contribution in [0.5, 0.6) is 0 Å². The van der Waals surface area contributed by atoms with Gasteiger partial charge in [0.05, 0.1) is 6.61 Å². The predicted octanol–water partition coefficient (Wildman–Crippen LogP) is 2.83. The van der Waals surface area contributed by atoms with Gasteiger partial charge in [-0.3, -0.25) is 0 Å². The summed E-state index contributed by atoms with van der Waals surface area (Å²) in [6, 6.07) is 15.1. The Balaban J connectivity index is 1.92. The first-order valence-corrected chi connectivity index (χ1v) is 6.82. The molecule has 2 nitrogen and oxygen atoms in total. The number of halogens is 1. The number of rotatable bonds is 6. The first kappa shape index (κ1) is 14.7. The van der Waals surface area contributed by atoms with E-state index in [1.54, 1.807) is 13.0 Å². The molecule has 0 aliphatic carbocycles.